The van der Waals surface area contributed by atoms with Gasteiger partial charge in [-0.15, -0.1) is 11.8 Å². The van der Waals surface area contributed by atoms with Crippen LogP contribution in [0.1, 0.15) is 28.2 Å². The SMILES string of the molecule is CCOc1ccccc1N1C(=O)CS[C@@H]1c1cccc(NC(=O)c2ccccc2Cl)c1. The molecule has 158 valence electrons. The average Bonchev–Trinajstić information content (AvgIpc) is 3.16. The Kier molecular flexibility index (Phi) is 6.49. The van der Waals surface area contributed by atoms with Gasteiger partial charge in [0.15, 0.2) is 0 Å². The molecule has 4 rings (SSSR count). The highest BCUT2D eigenvalue weighted by molar-refractivity contribution is 8.00. The average molecular weight is 453 g/mol. The number of thioether (sulfide) groups is 1. The van der Waals surface area contributed by atoms with E-state index in [4.69, 9.17) is 16.3 Å². The summed E-state index contributed by atoms with van der Waals surface area (Å²) in [4.78, 5) is 27.2. The monoisotopic (exact) mass is 452 g/mol. The number of anilines is 2. The van der Waals surface area contributed by atoms with Crippen LogP contribution in [0.15, 0.2) is 72.8 Å². The molecule has 1 aliphatic rings. The number of amides is 2. The van der Waals surface area contributed by atoms with E-state index in [1.54, 1.807) is 40.9 Å². The number of para-hydroxylation sites is 2. The summed E-state index contributed by atoms with van der Waals surface area (Å²) in [5.41, 5.74) is 2.71. The van der Waals surface area contributed by atoms with Crippen molar-refractivity contribution >= 4 is 46.6 Å². The zero-order valence-electron chi connectivity index (χ0n) is 16.9. The van der Waals surface area contributed by atoms with E-state index in [0.29, 0.717) is 34.4 Å². The minimum Gasteiger partial charge on any atom is -0.492 e. The Labute approximate surface area is 190 Å². The Hall–Kier alpha value is -2.96. The summed E-state index contributed by atoms with van der Waals surface area (Å²) < 4.78 is 5.75. The van der Waals surface area contributed by atoms with Crippen molar-refractivity contribution in [3.63, 3.8) is 0 Å². The maximum atomic E-state index is 12.8. The number of rotatable bonds is 6. The van der Waals surface area contributed by atoms with Crippen LogP contribution in [0.2, 0.25) is 5.02 Å². The zero-order chi connectivity index (χ0) is 21.8. The maximum Gasteiger partial charge on any atom is 0.257 e. The van der Waals surface area contributed by atoms with Gasteiger partial charge in [-0.2, -0.15) is 0 Å². The molecule has 7 heteroatoms. The molecule has 3 aromatic rings. The summed E-state index contributed by atoms with van der Waals surface area (Å²) in [6.45, 7) is 2.43. The number of carbonyl (C=O) groups excluding carboxylic acids is 2. The van der Waals surface area contributed by atoms with Crippen molar-refractivity contribution < 1.29 is 14.3 Å². The van der Waals surface area contributed by atoms with Crippen LogP contribution >= 0.6 is 23.4 Å². The van der Waals surface area contributed by atoms with Crippen molar-refractivity contribution in [2.45, 2.75) is 12.3 Å². The number of carbonyl (C=O) groups is 2. The Morgan fingerprint density at radius 1 is 1.13 bits per heavy atom. The van der Waals surface area contributed by atoms with Gasteiger partial charge >= 0.3 is 0 Å². The van der Waals surface area contributed by atoms with Crippen LogP contribution in [0.25, 0.3) is 0 Å². The van der Waals surface area contributed by atoms with Crippen molar-refractivity contribution in [1.82, 2.24) is 0 Å². The normalized spacial score (nSPS) is 15.7. The van der Waals surface area contributed by atoms with E-state index in [2.05, 4.69) is 5.32 Å². The fourth-order valence-electron chi connectivity index (χ4n) is 3.48. The van der Waals surface area contributed by atoms with Crippen LogP contribution in [0, 0.1) is 0 Å². The molecule has 5 nitrogen and oxygen atoms in total. The van der Waals surface area contributed by atoms with Crippen molar-refractivity contribution in [2.24, 2.45) is 0 Å². The van der Waals surface area contributed by atoms with E-state index >= 15 is 0 Å². The number of nitrogens with zero attached hydrogens (tertiary/aromatic N) is 1. The first-order chi connectivity index (χ1) is 15.1. The third-order valence-electron chi connectivity index (χ3n) is 4.84. The van der Waals surface area contributed by atoms with Gasteiger partial charge < -0.3 is 10.1 Å². The number of hydrogen-bond donors (Lipinski definition) is 1. The lowest BCUT2D eigenvalue weighted by molar-refractivity contribution is -0.115. The maximum absolute atomic E-state index is 12.8. The minimum absolute atomic E-state index is 0.0210. The molecule has 1 heterocycles. The number of ether oxygens (including phenoxy) is 1. The fourth-order valence-corrected chi connectivity index (χ4v) is 4.86. The molecule has 0 bridgehead atoms. The summed E-state index contributed by atoms with van der Waals surface area (Å²) in [5.74, 6) is 0.791. The van der Waals surface area contributed by atoms with Crippen molar-refractivity contribution in [2.75, 3.05) is 22.6 Å². The molecule has 1 aliphatic heterocycles. The van der Waals surface area contributed by atoms with E-state index in [1.165, 1.54) is 0 Å². The van der Waals surface area contributed by atoms with Gasteiger partial charge in [0.25, 0.3) is 5.91 Å². The standard InChI is InChI=1S/C24H21ClN2O3S/c1-2-30-21-13-6-5-12-20(21)27-22(28)15-31-24(27)16-8-7-9-17(14-16)26-23(29)18-10-3-4-11-19(18)25/h3-14,24H,2,15H2,1H3,(H,26,29)/t24-/m1/s1. The highest BCUT2D eigenvalue weighted by Gasteiger charge is 2.35. The molecule has 0 aliphatic carbocycles. The van der Waals surface area contributed by atoms with Gasteiger partial charge in [0.1, 0.15) is 11.1 Å². The molecule has 31 heavy (non-hydrogen) atoms. The quantitative estimate of drug-likeness (QED) is 0.515. The lowest BCUT2D eigenvalue weighted by Crippen LogP contribution is -2.28. The predicted octanol–water partition coefficient (Wildman–Crippen LogP) is 5.77. The summed E-state index contributed by atoms with van der Waals surface area (Å²) in [5, 5.41) is 3.08. The van der Waals surface area contributed by atoms with Crippen molar-refractivity contribution in [3.8, 4) is 5.75 Å². The number of hydrogen-bond acceptors (Lipinski definition) is 4. The van der Waals surface area contributed by atoms with Crippen LogP contribution in [-0.4, -0.2) is 24.2 Å². The van der Waals surface area contributed by atoms with Gasteiger partial charge in [-0.1, -0.05) is 48.0 Å². The van der Waals surface area contributed by atoms with Crippen LogP contribution in [0.4, 0.5) is 11.4 Å². The lowest BCUT2D eigenvalue weighted by atomic mass is 10.1. The topological polar surface area (TPSA) is 58.6 Å². The smallest absolute Gasteiger partial charge is 0.257 e. The molecule has 1 N–H and O–H groups in total. The lowest BCUT2D eigenvalue weighted by Gasteiger charge is -2.26. The number of nitrogens with one attached hydrogen (secondary N) is 1. The predicted molar refractivity (Wildman–Crippen MR) is 126 cm³/mol. The first-order valence-electron chi connectivity index (χ1n) is 9.90. The third kappa shape index (κ3) is 4.55. The zero-order valence-corrected chi connectivity index (χ0v) is 18.5. The molecular weight excluding hydrogens is 432 g/mol. The highest BCUT2D eigenvalue weighted by Crippen LogP contribution is 2.45. The van der Waals surface area contributed by atoms with E-state index in [9.17, 15) is 9.59 Å². The number of halogens is 1. The Bertz CT molecular complexity index is 1120. The molecule has 2 amide bonds. The van der Waals surface area contributed by atoms with E-state index < -0.39 is 0 Å². The van der Waals surface area contributed by atoms with Crippen LogP contribution in [0.5, 0.6) is 5.75 Å². The van der Waals surface area contributed by atoms with Gasteiger partial charge in [-0.05, 0) is 48.9 Å². The fraction of sp³-hybridized carbons (Fsp3) is 0.167. The van der Waals surface area contributed by atoms with Crippen molar-refractivity contribution in [3.05, 3.63) is 88.9 Å². The molecule has 0 aromatic heterocycles. The van der Waals surface area contributed by atoms with Crippen molar-refractivity contribution in [1.29, 1.82) is 0 Å². The van der Waals surface area contributed by atoms with Crippen LogP contribution in [0.3, 0.4) is 0 Å². The molecule has 1 fully saturated rings. The van der Waals surface area contributed by atoms with Gasteiger partial charge in [0.05, 0.1) is 28.6 Å². The molecule has 0 unspecified atom stereocenters. The van der Waals surface area contributed by atoms with Gasteiger partial charge in [0, 0.05) is 5.69 Å². The number of benzene rings is 3. The molecule has 3 aromatic carbocycles. The second kappa shape index (κ2) is 9.45. The van der Waals surface area contributed by atoms with Gasteiger partial charge in [-0.3, -0.25) is 14.5 Å². The van der Waals surface area contributed by atoms with E-state index in [-0.39, 0.29) is 17.2 Å². The third-order valence-corrected chi connectivity index (χ3v) is 6.38. The van der Waals surface area contributed by atoms with Gasteiger partial charge in [0.2, 0.25) is 5.91 Å². The van der Waals surface area contributed by atoms with E-state index in [0.717, 1.165) is 11.3 Å². The van der Waals surface area contributed by atoms with Crippen LogP contribution < -0.4 is 15.0 Å². The molecule has 1 atom stereocenters. The van der Waals surface area contributed by atoms with Crippen LogP contribution in [-0.2, 0) is 4.79 Å². The second-order valence-electron chi connectivity index (χ2n) is 6.89. The Morgan fingerprint density at radius 2 is 1.90 bits per heavy atom. The minimum atomic E-state index is -0.281. The first kappa shape index (κ1) is 21.3. The summed E-state index contributed by atoms with van der Waals surface area (Å²) in [6.07, 6.45) is 0. The molecule has 0 saturated carbocycles. The molecule has 1 saturated heterocycles. The largest absolute Gasteiger partial charge is 0.492 e. The highest BCUT2D eigenvalue weighted by atomic mass is 35.5. The first-order valence-corrected chi connectivity index (χ1v) is 11.3. The Morgan fingerprint density at radius 3 is 2.71 bits per heavy atom. The summed E-state index contributed by atoms with van der Waals surface area (Å²) in [7, 11) is 0. The summed E-state index contributed by atoms with van der Waals surface area (Å²) in [6, 6.07) is 22.0. The molecular formula is C24H21ClN2O3S. The second-order valence-corrected chi connectivity index (χ2v) is 8.36. The molecule has 0 spiro atoms. The molecule has 0 radical (unpaired) electrons. The summed E-state index contributed by atoms with van der Waals surface area (Å²) >= 11 is 7.69. The Balaban J connectivity index is 1.62. The van der Waals surface area contributed by atoms with Gasteiger partial charge in [-0.25, -0.2) is 0 Å². The van der Waals surface area contributed by atoms with E-state index in [1.807, 2.05) is 55.5 Å².